The number of carbonyl (C=O) groups excluding carboxylic acids is 1. The van der Waals surface area contributed by atoms with Gasteiger partial charge in [-0.25, -0.2) is 0 Å². The number of rotatable bonds is 5. The normalized spacial score (nSPS) is 23.2. The van der Waals surface area contributed by atoms with E-state index in [1.54, 1.807) is 0 Å². The van der Waals surface area contributed by atoms with Crippen molar-refractivity contribution in [3.8, 4) is 0 Å². The van der Waals surface area contributed by atoms with Gasteiger partial charge in [-0.1, -0.05) is 30.3 Å². The van der Waals surface area contributed by atoms with Gasteiger partial charge in [-0.2, -0.15) is 0 Å². The van der Waals surface area contributed by atoms with Crippen LogP contribution in [0.3, 0.4) is 0 Å². The fourth-order valence-corrected chi connectivity index (χ4v) is 4.22. The van der Waals surface area contributed by atoms with Crippen molar-refractivity contribution in [3.63, 3.8) is 0 Å². The number of benzene rings is 1. The van der Waals surface area contributed by atoms with Gasteiger partial charge in [-0.05, 0) is 43.6 Å². The van der Waals surface area contributed by atoms with Gasteiger partial charge in [0, 0.05) is 32.7 Å². The molecule has 1 aromatic carbocycles. The van der Waals surface area contributed by atoms with Crippen molar-refractivity contribution in [2.45, 2.75) is 43.9 Å². The van der Waals surface area contributed by atoms with Gasteiger partial charge in [0.1, 0.15) is 0 Å². The molecule has 5 heteroatoms. The monoisotopic (exact) mass is 345 g/mol. The summed E-state index contributed by atoms with van der Waals surface area (Å²) in [6, 6.07) is 10.1. The molecule has 0 bridgehead atoms. The van der Waals surface area contributed by atoms with Gasteiger partial charge in [0.15, 0.2) is 0 Å². The molecule has 2 aliphatic heterocycles. The van der Waals surface area contributed by atoms with E-state index in [-0.39, 0.29) is 12.3 Å². The second-order valence-electron chi connectivity index (χ2n) is 7.25. The van der Waals surface area contributed by atoms with E-state index in [1.165, 1.54) is 0 Å². The molecule has 1 aromatic rings. The molecule has 0 spiro atoms. The summed E-state index contributed by atoms with van der Waals surface area (Å²) in [6.45, 7) is 2.67. The Morgan fingerprint density at radius 1 is 1.20 bits per heavy atom. The van der Waals surface area contributed by atoms with Crippen molar-refractivity contribution in [2.75, 3.05) is 26.3 Å². The number of piperidine rings is 1. The minimum atomic E-state index is -0.756. The second-order valence-corrected chi connectivity index (χ2v) is 7.25. The largest absolute Gasteiger partial charge is 0.481 e. The summed E-state index contributed by atoms with van der Waals surface area (Å²) >= 11 is 0. The van der Waals surface area contributed by atoms with Gasteiger partial charge >= 0.3 is 5.97 Å². The lowest BCUT2D eigenvalue weighted by Crippen LogP contribution is -2.52. The zero-order chi connectivity index (χ0) is 17.7. The molecule has 0 aliphatic carbocycles. The van der Waals surface area contributed by atoms with E-state index < -0.39 is 11.4 Å². The minimum Gasteiger partial charge on any atom is -0.481 e. The quantitative estimate of drug-likeness (QED) is 0.891. The van der Waals surface area contributed by atoms with Crippen LogP contribution in [0.25, 0.3) is 0 Å². The van der Waals surface area contributed by atoms with Crippen molar-refractivity contribution in [3.05, 3.63) is 35.9 Å². The topological polar surface area (TPSA) is 66.8 Å². The fraction of sp³-hybridized carbons (Fsp3) is 0.600. The van der Waals surface area contributed by atoms with Crippen molar-refractivity contribution < 1.29 is 19.4 Å². The van der Waals surface area contributed by atoms with Crippen LogP contribution in [0.15, 0.2) is 30.3 Å². The third-order valence-electron chi connectivity index (χ3n) is 5.65. The molecule has 1 atom stereocenters. The van der Waals surface area contributed by atoms with Crippen LogP contribution >= 0.6 is 0 Å². The number of ether oxygens (including phenoxy) is 1. The molecule has 136 valence electrons. The van der Waals surface area contributed by atoms with Crippen molar-refractivity contribution >= 4 is 11.9 Å². The van der Waals surface area contributed by atoms with Gasteiger partial charge < -0.3 is 14.7 Å². The first-order valence-electron chi connectivity index (χ1n) is 9.26. The number of carbonyl (C=O) groups is 2. The molecule has 0 radical (unpaired) electrons. The first-order chi connectivity index (χ1) is 12.1. The standard InChI is InChI=1S/C20H27NO4/c22-18(23)9-8-16-5-4-12-21(15-16)19(24)20(10-13-25-14-11-20)17-6-2-1-3-7-17/h1-3,6-7,16H,4-5,8-15H2,(H,22,23)/t16-/m1/s1. The molecule has 5 nitrogen and oxygen atoms in total. The molecule has 3 rings (SSSR count). The molecule has 2 heterocycles. The van der Waals surface area contributed by atoms with Crippen LogP contribution in [0.5, 0.6) is 0 Å². The highest BCUT2D eigenvalue weighted by molar-refractivity contribution is 5.88. The highest BCUT2D eigenvalue weighted by atomic mass is 16.5. The second kappa shape index (κ2) is 8.00. The molecule has 0 aromatic heterocycles. The van der Waals surface area contributed by atoms with Crippen LogP contribution in [0.2, 0.25) is 0 Å². The van der Waals surface area contributed by atoms with Crippen LogP contribution in [-0.2, 0) is 19.7 Å². The maximum absolute atomic E-state index is 13.5. The zero-order valence-corrected chi connectivity index (χ0v) is 14.7. The number of aliphatic carboxylic acids is 1. The van der Waals surface area contributed by atoms with Gasteiger partial charge in [0.2, 0.25) is 5.91 Å². The lowest BCUT2D eigenvalue weighted by atomic mass is 9.72. The molecule has 0 saturated carbocycles. The molecule has 2 saturated heterocycles. The number of likely N-dealkylation sites (tertiary alicyclic amines) is 1. The molecule has 2 aliphatic rings. The number of carboxylic acid groups (broad SMARTS) is 1. The first-order valence-corrected chi connectivity index (χ1v) is 9.26. The minimum absolute atomic E-state index is 0.185. The van der Waals surface area contributed by atoms with Gasteiger partial charge in [0.25, 0.3) is 0 Å². The fourth-order valence-electron chi connectivity index (χ4n) is 4.22. The Morgan fingerprint density at radius 2 is 1.92 bits per heavy atom. The van der Waals surface area contributed by atoms with E-state index in [1.807, 2.05) is 23.1 Å². The average Bonchev–Trinajstić information content (AvgIpc) is 2.67. The Labute approximate surface area is 149 Å². The predicted molar refractivity (Wildman–Crippen MR) is 94.3 cm³/mol. The smallest absolute Gasteiger partial charge is 0.303 e. The molecular weight excluding hydrogens is 318 g/mol. The SMILES string of the molecule is O=C(O)CC[C@H]1CCCN(C(=O)C2(c3ccccc3)CCOCC2)C1. The van der Waals surface area contributed by atoms with Gasteiger partial charge in [-0.15, -0.1) is 0 Å². The Kier molecular flexibility index (Phi) is 5.74. The van der Waals surface area contributed by atoms with Gasteiger partial charge in [-0.3, -0.25) is 9.59 Å². The number of hydrogen-bond acceptors (Lipinski definition) is 3. The zero-order valence-electron chi connectivity index (χ0n) is 14.7. The van der Waals surface area contributed by atoms with E-state index >= 15 is 0 Å². The summed E-state index contributed by atoms with van der Waals surface area (Å²) in [4.78, 5) is 26.3. The number of amides is 1. The number of carboxylic acids is 1. The van der Waals surface area contributed by atoms with Crippen LogP contribution in [-0.4, -0.2) is 48.2 Å². The number of nitrogens with zero attached hydrogens (tertiary/aromatic N) is 1. The summed E-state index contributed by atoms with van der Waals surface area (Å²) in [7, 11) is 0. The van der Waals surface area contributed by atoms with Crippen molar-refractivity contribution in [1.82, 2.24) is 4.90 Å². The Hall–Kier alpha value is -1.88. The third-order valence-corrected chi connectivity index (χ3v) is 5.65. The van der Waals surface area contributed by atoms with E-state index in [4.69, 9.17) is 9.84 Å². The Balaban J connectivity index is 1.77. The summed E-state index contributed by atoms with van der Waals surface area (Å²) in [6.07, 6.45) is 4.24. The van der Waals surface area contributed by atoms with Crippen LogP contribution in [0.4, 0.5) is 0 Å². The lowest BCUT2D eigenvalue weighted by molar-refractivity contribution is -0.143. The van der Waals surface area contributed by atoms with Crippen LogP contribution in [0.1, 0.15) is 44.1 Å². The van der Waals surface area contributed by atoms with Crippen molar-refractivity contribution in [1.29, 1.82) is 0 Å². The molecule has 1 amide bonds. The maximum Gasteiger partial charge on any atom is 0.303 e. The van der Waals surface area contributed by atoms with E-state index in [2.05, 4.69) is 12.1 Å². The average molecular weight is 345 g/mol. The number of hydrogen-bond donors (Lipinski definition) is 1. The van der Waals surface area contributed by atoms with Crippen molar-refractivity contribution in [2.24, 2.45) is 5.92 Å². The molecule has 0 unspecified atom stereocenters. The summed E-state index contributed by atoms with van der Waals surface area (Å²) in [5, 5.41) is 8.92. The predicted octanol–water partition coefficient (Wildman–Crippen LogP) is 2.84. The Morgan fingerprint density at radius 3 is 2.60 bits per heavy atom. The molecule has 1 N–H and O–H groups in total. The Bertz CT molecular complexity index is 595. The van der Waals surface area contributed by atoms with Crippen LogP contribution < -0.4 is 0 Å². The summed E-state index contributed by atoms with van der Waals surface area (Å²) in [5.41, 5.74) is 0.588. The lowest BCUT2D eigenvalue weighted by Gasteiger charge is -2.42. The first kappa shape index (κ1) is 17.9. The molecule has 2 fully saturated rings. The van der Waals surface area contributed by atoms with Crippen LogP contribution in [0, 0.1) is 5.92 Å². The third kappa shape index (κ3) is 4.03. The van der Waals surface area contributed by atoms with E-state index in [0.717, 1.165) is 24.9 Å². The van der Waals surface area contributed by atoms with Gasteiger partial charge in [0.05, 0.1) is 5.41 Å². The highest BCUT2D eigenvalue weighted by Gasteiger charge is 2.44. The van der Waals surface area contributed by atoms with E-state index in [0.29, 0.717) is 44.9 Å². The molecule has 25 heavy (non-hydrogen) atoms. The van der Waals surface area contributed by atoms with E-state index in [9.17, 15) is 9.59 Å². The summed E-state index contributed by atoms with van der Waals surface area (Å²) in [5.74, 6) is -0.267. The molecular formula is C20H27NO4. The maximum atomic E-state index is 13.5. The summed E-state index contributed by atoms with van der Waals surface area (Å²) < 4.78 is 5.53. The highest BCUT2D eigenvalue weighted by Crippen LogP contribution is 2.38.